The predicted octanol–water partition coefficient (Wildman–Crippen LogP) is 2.64. The van der Waals surface area contributed by atoms with Crippen LogP contribution in [0.1, 0.15) is 22.5 Å². The summed E-state index contributed by atoms with van der Waals surface area (Å²) >= 11 is 7.48. The number of fused-ring (bicyclic) bond motifs is 1. The average Bonchev–Trinajstić information content (AvgIpc) is 2.72. The smallest absolute Gasteiger partial charge is 0.263 e. The molecular formula is C14H15ClN2O2S. The number of benzene rings is 1. The minimum absolute atomic E-state index is 0.166. The number of aliphatic hydroxyl groups excluding tert-OH is 1. The molecule has 4 nitrogen and oxygen atoms in total. The maximum absolute atomic E-state index is 12.2. The molecule has 0 spiro atoms. The van der Waals surface area contributed by atoms with Gasteiger partial charge in [-0.3, -0.25) is 4.79 Å². The molecule has 0 aliphatic heterocycles. The van der Waals surface area contributed by atoms with Gasteiger partial charge < -0.3 is 16.2 Å². The zero-order chi connectivity index (χ0) is 14.3. The molecule has 1 saturated carbocycles. The number of carbonyl (C=O) groups excluding carboxylic acids is 1. The summed E-state index contributed by atoms with van der Waals surface area (Å²) < 4.78 is 0.916. The summed E-state index contributed by atoms with van der Waals surface area (Å²) in [5.74, 6) is 0.203. The van der Waals surface area contributed by atoms with Gasteiger partial charge >= 0.3 is 0 Å². The molecule has 1 aliphatic rings. The molecule has 20 heavy (non-hydrogen) atoms. The van der Waals surface area contributed by atoms with Crippen molar-refractivity contribution >= 4 is 44.6 Å². The van der Waals surface area contributed by atoms with Gasteiger partial charge in [-0.25, -0.2) is 0 Å². The molecule has 0 saturated heterocycles. The predicted molar refractivity (Wildman–Crippen MR) is 82.3 cm³/mol. The summed E-state index contributed by atoms with van der Waals surface area (Å²) in [4.78, 5) is 12.7. The van der Waals surface area contributed by atoms with E-state index in [-0.39, 0.29) is 12.0 Å². The highest BCUT2D eigenvalue weighted by Crippen LogP contribution is 2.38. The maximum atomic E-state index is 12.2. The zero-order valence-electron chi connectivity index (χ0n) is 10.7. The minimum atomic E-state index is -0.204. The molecule has 0 unspecified atom stereocenters. The van der Waals surface area contributed by atoms with Crippen LogP contribution in [0.3, 0.4) is 0 Å². The Labute approximate surface area is 125 Å². The fraction of sp³-hybridized carbons (Fsp3) is 0.357. The Balaban J connectivity index is 1.78. The average molecular weight is 311 g/mol. The molecule has 3 rings (SSSR count). The van der Waals surface area contributed by atoms with E-state index >= 15 is 0 Å². The van der Waals surface area contributed by atoms with Gasteiger partial charge in [0.15, 0.2) is 0 Å². The second-order valence-corrected chi connectivity index (χ2v) is 6.62. The minimum Gasteiger partial charge on any atom is -0.397 e. The molecule has 4 N–H and O–H groups in total. The summed E-state index contributed by atoms with van der Waals surface area (Å²) in [6, 6.07) is 5.52. The Kier molecular flexibility index (Phi) is 3.58. The van der Waals surface area contributed by atoms with E-state index in [0.717, 1.165) is 22.9 Å². The third-order valence-electron chi connectivity index (χ3n) is 3.67. The van der Waals surface area contributed by atoms with Crippen LogP contribution in [0, 0.1) is 5.92 Å². The monoisotopic (exact) mass is 310 g/mol. The van der Waals surface area contributed by atoms with Crippen LogP contribution < -0.4 is 11.1 Å². The molecule has 1 heterocycles. The van der Waals surface area contributed by atoms with Crippen LogP contribution in [0.25, 0.3) is 10.1 Å². The van der Waals surface area contributed by atoms with Crippen molar-refractivity contribution in [1.29, 1.82) is 0 Å². The number of nitrogens with one attached hydrogen (secondary N) is 1. The molecule has 1 amide bonds. The molecule has 1 fully saturated rings. The lowest BCUT2D eigenvalue weighted by molar-refractivity contribution is 0.0420. The van der Waals surface area contributed by atoms with Gasteiger partial charge in [0, 0.05) is 16.6 Å². The largest absolute Gasteiger partial charge is 0.397 e. The van der Waals surface area contributed by atoms with Gasteiger partial charge in [-0.05, 0) is 30.9 Å². The topological polar surface area (TPSA) is 75.4 Å². The number of hydrogen-bond donors (Lipinski definition) is 3. The van der Waals surface area contributed by atoms with E-state index in [2.05, 4.69) is 5.32 Å². The Bertz CT molecular complexity index is 664. The Morgan fingerprint density at radius 3 is 2.90 bits per heavy atom. The number of amides is 1. The highest BCUT2D eigenvalue weighted by Gasteiger charge is 2.28. The van der Waals surface area contributed by atoms with Crippen LogP contribution >= 0.6 is 22.9 Å². The fourth-order valence-corrected chi connectivity index (χ4v) is 3.88. The van der Waals surface area contributed by atoms with E-state index in [1.165, 1.54) is 11.3 Å². The van der Waals surface area contributed by atoms with Crippen molar-refractivity contribution in [2.45, 2.75) is 18.9 Å². The molecule has 0 bridgehead atoms. The first-order valence-corrected chi connectivity index (χ1v) is 7.68. The number of nitrogens with two attached hydrogens (primary N) is 1. The van der Waals surface area contributed by atoms with Crippen LogP contribution in [0.15, 0.2) is 18.2 Å². The SMILES string of the molecule is Nc1c(C(=O)NCC2CC(O)C2)sc2cccc(Cl)c12. The first kappa shape index (κ1) is 13.7. The van der Waals surface area contributed by atoms with Crippen LogP contribution in [-0.2, 0) is 0 Å². The molecule has 1 aromatic heterocycles. The lowest BCUT2D eigenvalue weighted by Crippen LogP contribution is -2.38. The summed E-state index contributed by atoms with van der Waals surface area (Å²) in [6.07, 6.45) is 1.31. The van der Waals surface area contributed by atoms with Crippen molar-refractivity contribution in [3.05, 3.63) is 28.1 Å². The molecule has 1 aromatic carbocycles. The summed E-state index contributed by atoms with van der Waals surface area (Å²) in [7, 11) is 0. The van der Waals surface area contributed by atoms with E-state index in [9.17, 15) is 9.90 Å². The Morgan fingerprint density at radius 2 is 2.25 bits per heavy atom. The summed E-state index contributed by atoms with van der Waals surface area (Å²) in [5.41, 5.74) is 6.49. The van der Waals surface area contributed by atoms with Crippen molar-refractivity contribution in [3.8, 4) is 0 Å². The van der Waals surface area contributed by atoms with Gasteiger partial charge in [0.2, 0.25) is 0 Å². The maximum Gasteiger partial charge on any atom is 0.263 e. The summed E-state index contributed by atoms with van der Waals surface area (Å²) in [6.45, 7) is 0.581. The number of aliphatic hydroxyl groups is 1. The molecule has 1 aliphatic carbocycles. The molecular weight excluding hydrogens is 296 g/mol. The first-order valence-electron chi connectivity index (χ1n) is 6.49. The van der Waals surface area contributed by atoms with E-state index in [4.69, 9.17) is 17.3 Å². The van der Waals surface area contributed by atoms with Crippen molar-refractivity contribution in [1.82, 2.24) is 5.32 Å². The Hall–Kier alpha value is -1.30. The molecule has 0 atom stereocenters. The highest BCUT2D eigenvalue weighted by atomic mass is 35.5. The van der Waals surface area contributed by atoms with Crippen molar-refractivity contribution in [2.24, 2.45) is 5.92 Å². The van der Waals surface area contributed by atoms with Gasteiger partial charge in [0.25, 0.3) is 5.91 Å². The second kappa shape index (κ2) is 5.24. The number of halogens is 1. The molecule has 0 radical (unpaired) electrons. The van der Waals surface area contributed by atoms with Gasteiger partial charge in [0.1, 0.15) is 4.88 Å². The van der Waals surface area contributed by atoms with Crippen molar-refractivity contribution in [3.63, 3.8) is 0 Å². The number of hydrogen-bond acceptors (Lipinski definition) is 4. The standard InChI is InChI=1S/C14H15ClN2O2S/c15-9-2-1-3-10-11(9)12(16)13(20-10)14(19)17-6-7-4-8(18)5-7/h1-3,7-8,18H,4-6,16H2,(H,17,19). The molecule has 6 heteroatoms. The summed E-state index contributed by atoms with van der Waals surface area (Å²) in [5, 5.41) is 13.4. The van der Waals surface area contributed by atoms with Crippen LogP contribution in [0.4, 0.5) is 5.69 Å². The fourth-order valence-electron chi connectivity index (χ4n) is 2.48. The van der Waals surface area contributed by atoms with Crippen LogP contribution in [0.5, 0.6) is 0 Å². The first-order chi connectivity index (χ1) is 9.56. The van der Waals surface area contributed by atoms with Crippen molar-refractivity contribution in [2.75, 3.05) is 12.3 Å². The number of anilines is 1. The normalized spacial score (nSPS) is 21.7. The molecule has 2 aromatic rings. The van der Waals surface area contributed by atoms with Gasteiger partial charge in [-0.2, -0.15) is 0 Å². The number of nitrogen functional groups attached to an aromatic ring is 1. The number of thiophene rings is 1. The Morgan fingerprint density at radius 1 is 1.50 bits per heavy atom. The van der Waals surface area contributed by atoms with Gasteiger partial charge in [-0.1, -0.05) is 17.7 Å². The van der Waals surface area contributed by atoms with E-state index in [1.807, 2.05) is 12.1 Å². The van der Waals surface area contributed by atoms with Crippen molar-refractivity contribution < 1.29 is 9.90 Å². The lowest BCUT2D eigenvalue weighted by atomic mass is 9.82. The number of rotatable bonds is 3. The molecule has 106 valence electrons. The van der Waals surface area contributed by atoms with Gasteiger partial charge in [-0.15, -0.1) is 11.3 Å². The van der Waals surface area contributed by atoms with E-state index in [1.54, 1.807) is 6.07 Å². The van der Waals surface area contributed by atoms with Crippen LogP contribution in [-0.4, -0.2) is 23.7 Å². The zero-order valence-corrected chi connectivity index (χ0v) is 12.3. The van der Waals surface area contributed by atoms with Gasteiger partial charge in [0.05, 0.1) is 16.8 Å². The third kappa shape index (κ3) is 2.37. The van der Waals surface area contributed by atoms with E-state index < -0.39 is 0 Å². The quantitative estimate of drug-likeness (QED) is 0.816. The number of carbonyl (C=O) groups is 1. The highest BCUT2D eigenvalue weighted by molar-refractivity contribution is 7.21. The van der Waals surface area contributed by atoms with E-state index in [0.29, 0.717) is 28.0 Å². The lowest BCUT2D eigenvalue weighted by Gasteiger charge is -2.31. The second-order valence-electron chi connectivity index (χ2n) is 5.16. The van der Waals surface area contributed by atoms with Crippen LogP contribution in [0.2, 0.25) is 5.02 Å². The third-order valence-corrected chi connectivity index (χ3v) is 5.15.